The second-order valence-corrected chi connectivity index (χ2v) is 8.86. The van der Waals surface area contributed by atoms with Crippen molar-refractivity contribution in [1.82, 2.24) is 0 Å². The number of esters is 2. The molecule has 0 radical (unpaired) electrons. The highest BCUT2D eigenvalue weighted by Gasteiger charge is 2.50. The molecule has 3 rings (SSSR count). The van der Waals surface area contributed by atoms with Crippen molar-refractivity contribution >= 4 is 11.9 Å². The molecule has 206 valence electrons. The van der Waals surface area contributed by atoms with Gasteiger partial charge in [-0.2, -0.15) is 0 Å². The van der Waals surface area contributed by atoms with E-state index in [-0.39, 0.29) is 37.6 Å². The summed E-state index contributed by atoms with van der Waals surface area (Å²) in [6.45, 7) is 0.798. The topological polar surface area (TPSA) is 172 Å². The van der Waals surface area contributed by atoms with Crippen LogP contribution in [0.15, 0.2) is 60.2 Å². The Labute approximate surface area is 219 Å². The molecule has 0 amide bonds. The van der Waals surface area contributed by atoms with E-state index in [1.807, 2.05) is 0 Å². The standard InChI is InChI=1S/C27H32O11/c1-16(10-11-28)15-35-27-26(38-23(33)13-18-4-8-20(31)9-5-18)25(24(34)21(14-29)36-27)37-22(32)12-17-2-6-19(30)7-3-17/h2-10,21,24-31,34H,11-15H2,1H3/t21-,24-,25+,26-,27-/m1/s1. The van der Waals surface area contributed by atoms with Gasteiger partial charge >= 0.3 is 11.9 Å². The van der Waals surface area contributed by atoms with Crippen LogP contribution in [0.25, 0.3) is 0 Å². The van der Waals surface area contributed by atoms with Gasteiger partial charge in [0.2, 0.25) is 0 Å². The first kappa shape index (κ1) is 29.1. The fraction of sp³-hybridized carbons (Fsp3) is 0.407. The number of benzene rings is 2. The van der Waals surface area contributed by atoms with E-state index in [1.54, 1.807) is 6.92 Å². The van der Waals surface area contributed by atoms with Crippen LogP contribution in [0.5, 0.6) is 11.5 Å². The normalized spacial score (nSPS) is 23.6. The van der Waals surface area contributed by atoms with Gasteiger partial charge in [0.25, 0.3) is 0 Å². The van der Waals surface area contributed by atoms with Crippen LogP contribution in [0, 0.1) is 0 Å². The van der Waals surface area contributed by atoms with Crippen molar-refractivity contribution in [1.29, 1.82) is 0 Å². The number of aliphatic hydroxyl groups is 3. The van der Waals surface area contributed by atoms with Gasteiger partial charge in [-0.15, -0.1) is 0 Å². The number of phenols is 2. The molecule has 11 nitrogen and oxygen atoms in total. The number of carbonyl (C=O) groups excluding carboxylic acids is 2. The van der Waals surface area contributed by atoms with Gasteiger partial charge in [0.15, 0.2) is 18.5 Å². The lowest BCUT2D eigenvalue weighted by Gasteiger charge is -2.42. The second-order valence-electron chi connectivity index (χ2n) is 8.86. The first-order chi connectivity index (χ1) is 18.2. The van der Waals surface area contributed by atoms with Crippen molar-refractivity contribution in [3.63, 3.8) is 0 Å². The average Bonchev–Trinajstić information content (AvgIpc) is 2.88. The predicted octanol–water partition coefficient (Wildman–Crippen LogP) is 0.740. The highest BCUT2D eigenvalue weighted by Crippen LogP contribution is 2.28. The van der Waals surface area contributed by atoms with Crippen LogP contribution >= 0.6 is 0 Å². The van der Waals surface area contributed by atoms with Crippen molar-refractivity contribution in [2.75, 3.05) is 19.8 Å². The Bertz CT molecular complexity index is 1080. The van der Waals surface area contributed by atoms with E-state index in [1.165, 1.54) is 54.6 Å². The van der Waals surface area contributed by atoms with Crippen molar-refractivity contribution < 1.29 is 54.1 Å². The van der Waals surface area contributed by atoms with E-state index in [9.17, 15) is 30.0 Å². The lowest BCUT2D eigenvalue weighted by atomic mass is 9.98. The molecule has 38 heavy (non-hydrogen) atoms. The van der Waals surface area contributed by atoms with E-state index in [2.05, 4.69) is 0 Å². The molecule has 11 heteroatoms. The van der Waals surface area contributed by atoms with Crippen LogP contribution in [0.3, 0.4) is 0 Å². The highest BCUT2D eigenvalue weighted by molar-refractivity contribution is 5.74. The number of aliphatic hydroxyl groups excluding tert-OH is 3. The molecule has 1 aliphatic rings. The summed E-state index contributed by atoms with van der Waals surface area (Å²) in [6, 6.07) is 11.8. The predicted molar refractivity (Wildman–Crippen MR) is 132 cm³/mol. The molecule has 1 fully saturated rings. The second kappa shape index (κ2) is 13.9. The SMILES string of the molecule is CC(=CCO)CO[C@@H]1O[C@H](CO)[C@@H](O)[C@H](OC(=O)Cc2ccc(O)cc2)[C@H]1OC(=O)Cc1ccc(O)cc1. The van der Waals surface area contributed by atoms with Gasteiger partial charge in [-0.05, 0) is 47.9 Å². The van der Waals surface area contributed by atoms with Gasteiger partial charge in [0.05, 0.1) is 32.7 Å². The fourth-order valence-corrected chi connectivity index (χ4v) is 3.81. The molecule has 0 aliphatic carbocycles. The molecular formula is C27H32O11. The molecule has 0 unspecified atom stereocenters. The van der Waals surface area contributed by atoms with Crippen LogP contribution in [-0.4, -0.2) is 88.0 Å². The summed E-state index contributed by atoms with van der Waals surface area (Å²) in [7, 11) is 0. The minimum atomic E-state index is -1.55. The quantitative estimate of drug-likeness (QED) is 0.204. The van der Waals surface area contributed by atoms with Gasteiger partial charge in [-0.3, -0.25) is 9.59 Å². The number of rotatable bonds is 11. The van der Waals surface area contributed by atoms with Gasteiger partial charge in [-0.25, -0.2) is 0 Å². The maximum absolute atomic E-state index is 12.8. The van der Waals surface area contributed by atoms with Crippen LogP contribution < -0.4 is 0 Å². The third-order valence-electron chi connectivity index (χ3n) is 5.82. The van der Waals surface area contributed by atoms with Gasteiger partial charge < -0.3 is 44.5 Å². The Kier molecular flexibility index (Phi) is 10.6. The number of carbonyl (C=O) groups is 2. The number of aromatic hydroxyl groups is 2. The molecule has 0 saturated carbocycles. The summed E-state index contributed by atoms with van der Waals surface area (Å²) in [4.78, 5) is 25.6. The average molecular weight is 533 g/mol. The molecule has 0 aromatic heterocycles. The van der Waals surface area contributed by atoms with E-state index in [4.69, 9.17) is 24.1 Å². The zero-order valence-electron chi connectivity index (χ0n) is 20.8. The molecule has 1 heterocycles. The molecule has 5 N–H and O–H groups in total. The monoisotopic (exact) mass is 532 g/mol. The smallest absolute Gasteiger partial charge is 0.310 e. The number of ether oxygens (including phenoxy) is 4. The summed E-state index contributed by atoms with van der Waals surface area (Å²) >= 11 is 0. The molecule has 2 aromatic rings. The van der Waals surface area contributed by atoms with E-state index in [0.717, 1.165) is 0 Å². The zero-order valence-corrected chi connectivity index (χ0v) is 20.8. The number of hydrogen-bond donors (Lipinski definition) is 5. The van der Waals surface area contributed by atoms with Crippen molar-refractivity contribution in [2.45, 2.75) is 50.5 Å². The number of phenolic OH excluding ortho intramolecular Hbond substituents is 2. The minimum absolute atomic E-state index is 0.0268. The van der Waals surface area contributed by atoms with E-state index >= 15 is 0 Å². The highest BCUT2D eigenvalue weighted by atomic mass is 16.7. The van der Waals surface area contributed by atoms with Crippen molar-refractivity contribution in [3.05, 3.63) is 71.3 Å². The third kappa shape index (κ3) is 8.27. The minimum Gasteiger partial charge on any atom is -0.508 e. The maximum atomic E-state index is 12.8. The Hall–Kier alpha value is -3.48. The first-order valence-electron chi connectivity index (χ1n) is 12.0. The van der Waals surface area contributed by atoms with Crippen LogP contribution in [-0.2, 0) is 41.4 Å². The van der Waals surface area contributed by atoms with Crippen LogP contribution in [0.4, 0.5) is 0 Å². The summed E-state index contributed by atoms with van der Waals surface area (Å²) in [5, 5.41) is 48.6. The Morgan fingerprint density at radius 3 is 1.84 bits per heavy atom. The summed E-state index contributed by atoms with van der Waals surface area (Å²) < 4.78 is 22.6. The Morgan fingerprint density at radius 2 is 1.37 bits per heavy atom. The summed E-state index contributed by atoms with van der Waals surface area (Å²) in [5.74, 6) is -1.44. The molecular weight excluding hydrogens is 500 g/mol. The first-order valence-corrected chi connectivity index (χ1v) is 12.0. The fourth-order valence-electron chi connectivity index (χ4n) is 3.81. The van der Waals surface area contributed by atoms with Gasteiger partial charge in [-0.1, -0.05) is 30.3 Å². The summed E-state index contributed by atoms with van der Waals surface area (Å²) in [5.41, 5.74) is 1.71. The molecule has 1 aliphatic heterocycles. The molecule has 1 saturated heterocycles. The van der Waals surface area contributed by atoms with Crippen molar-refractivity contribution in [2.24, 2.45) is 0 Å². The Morgan fingerprint density at radius 1 is 0.868 bits per heavy atom. The molecule has 2 aromatic carbocycles. The molecule has 5 atom stereocenters. The third-order valence-corrected chi connectivity index (χ3v) is 5.82. The maximum Gasteiger partial charge on any atom is 0.310 e. The number of hydrogen-bond acceptors (Lipinski definition) is 11. The van der Waals surface area contributed by atoms with Crippen molar-refractivity contribution in [3.8, 4) is 11.5 Å². The lowest BCUT2D eigenvalue weighted by Crippen LogP contribution is -2.62. The van der Waals surface area contributed by atoms with E-state index < -0.39 is 49.3 Å². The largest absolute Gasteiger partial charge is 0.508 e. The van der Waals surface area contributed by atoms with Gasteiger partial charge in [0, 0.05) is 0 Å². The van der Waals surface area contributed by atoms with E-state index in [0.29, 0.717) is 16.7 Å². The van der Waals surface area contributed by atoms with Gasteiger partial charge in [0.1, 0.15) is 23.7 Å². The van der Waals surface area contributed by atoms with Crippen LogP contribution in [0.1, 0.15) is 18.1 Å². The molecule has 0 spiro atoms. The lowest BCUT2D eigenvalue weighted by molar-refractivity contribution is -0.304. The van der Waals surface area contributed by atoms with Crippen LogP contribution in [0.2, 0.25) is 0 Å². The summed E-state index contributed by atoms with van der Waals surface area (Å²) in [6.07, 6.45) is -5.82. The zero-order chi connectivity index (χ0) is 27.7. The Balaban J connectivity index is 1.82. The molecule has 0 bridgehead atoms.